The molecule has 1 aliphatic rings. The van der Waals surface area contributed by atoms with Gasteiger partial charge in [0.1, 0.15) is 0 Å². The number of carbonyl (C=O) groups excluding carboxylic acids is 1. The van der Waals surface area contributed by atoms with E-state index in [1.165, 1.54) is 0 Å². The maximum atomic E-state index is 11.1. The van der Waals surface area contributed by atoms with Gasteiger partial charge in [-0.05, 0) is 7.05 Å². The van der Waals surface area contributed by atoms with Crippen LogP contribution in [-0.2, 0) is 4.79 Å². The molecule has 0 aromatic carbocycles. The Balaban J connectivity index is 0.000000561. The van der Waals surface area contributed by atoms with Crippen molar-refractivity contribution in [3.05, 3.63) is 0 Å². The highest BCUT2D eigenvalue weighted by Gasteiger charge is 2.14. The molecule has 0 unspecified atom stereocenters. The van der Waals surface area contributed by atoms with Crippen LogP contribution in [0.3, 0.4) is 0 Å². The van der Waals surface area contributed by atoms with Gasteiger partial charge < -0.3 is 9.80 Å². The third-order valence-electron chi connectivity index (χ3n) is 1.95. The Kier molecular flexibility index (Phi) is 5.72. The highest BCUT2D eigenvalue weighted by molar-refractivity contribution is 5.76. The number of carbonyl (C=O) groups is 1. The fraction of sp³-hybridized carbons (Fsp3) is 0.889. The Hall–Kier alpha value is -0.570. The lowest BCUT2D eigenvalue weighted by Gasteiger charge is -2.13. The predicted molar refractivity (Wildman–Crippen MR) is 51.1 cm³/mol. The van der Waals surface area contributed by atoms with Gasteiger partial charge in [-0.1, -0.05) is 13.8 Å². The molecule has 12 heavy (non-hydrogen) atoms. The van der Waals surface area contributed by atoms with Crippen LogP contribution in [0.15, 0.2) is 0 Å². The zero-order chi connectivity index (χ0) is 9.56. The summed E-state index contributed by atoms with van der Waals surface area (Å²) in [5, 5.41) is 0. The summed E-state index contributed by atoms with van der Waals surface area (Å²) in [6, 6.07) is 0. The number of hydrogen-bond donors (Lipinski definition) is 0. The van der Waals surface area contributed by atoms with Crippen LogP contribution in [0, 0.1) is 0 Å². The molecular formula is C9H20N2O. The standard InChI is InChI=1S/C7H14N2O.C2H6/c1-8-4-3-7(10)9(2)6-5-8;1-2/h3-6H2,1-2H3;1-2H3. The Labute approximate surface area is 75.3 Å². The van der Waals surface area contributed by atoms with Gasteiger partial charge in [0.2, 0.25) is 5.91 Å². The minimum atomic E-state index is 0.268. The van der Waals surface area contributed by atoms with Gasteiger partial charge >= 0.3 is 0 Å². The molecule has 0 aromatic heterocycles. The van der Waals surface area contributed by atoms with Crippen molar-refractivity contribution in [1.82, 2.24) is 9.80 Å². The molecule has 1 rings (SSSR count). The van der Waals surface area contributed by atoms with Crippen LogP contribution in [0.1, 0.15) is 20.3 Å². The van der Waals surface area contributed by atoms with Gasteiger partial charge in [-0.15, -0.1) is 0 Å². The van der Waals surface area contributed by atoms with E-state index in [0.717, 1.165) is 19.6 Å². The minimum Gasteiger partial charge on any atom is -0.344 e. The first-order valence-electron chi connectivity index (χ1n) is 4.62. The predicted octanol–water partition coefficient (Wildman–Crippen LogP) is 0.806. The fourth-order valence-electron chi connectivity index (χ4n) is 1.03. The molecule has 72 valence electrons. The molecule has 0 aromatic rings. The molecular weight excluding hydrogens is 152 g/mol. The fourth-order valence-corrected chi connectivity index (χ4v) is 1.03. The average molecular weight is 172 g/mol. The van der Waals surface area contributed by atoms with Crippen LogP contribution in [-0.4, -0.2) is 49.4 Å². The van der Waals surface area contributed by atoms with Crippen molar-refractivity contribution in [3.63, 3.8) is 0 Å². The van der Waals surface area contributed by atoms with Crippen molar-refractivity contribution < 1.29 is 4.79 Å². The Morgan fingerprint density at radius 1 is 1.08 bits per heavy atom. The molecule has 3 heteroatoms. The van der Waals surface area contributed by atoms with E-state index in [1.54, 1.807) is 4.90 Å². The molecule has 0 N–H and O–H groups in total. The molecule has 0 bridgehead atoms. The monoisotopic (exact) mass is 172 g/mol. The van der Waals surface area contributed by atoms with E-state index in [-0.39, 0.29) is 5.91 Å². The normalized spacial score (nSPS) is 19.7. The summed E-state index contributed by atoms with van der Waals surface area (Å²) in [4.78, 5) is 15.0. The second-order valence-electron chi connectivity index (χ2n) is 2.87. The summed E-state index contributed by atoms with van der Waals surface area (Å²) >= 11 is 0. The van der Waals surface area contributed by atoms with Crippen molar-refractivity contribution in [1.29, 1.82) is 0 Å². The molecule has 0 saturated carbocycles. The van der Waals surface area contributed by atoms with Crippen molar-refractivity contribution in [2.45, 2.75) is 20.3 Å². The van der Waals surface area contributed by atoms with Gasteiger partial charge in [0.05, 0.1) is 0 Å². The average Bonchev–Trinajstić information content (AvgIpc) is 2.24. The number of likely N-dealkylation sites (N-methyl/N-ethyl adjacent to an activating group) is 2. The van der Waals surface area contributed by atoms with E-state index < -0.39 is 0 Å². The highest BCUT2D eigenvalue weighted by Crippen LogP contribution is 1.98. The summed E-state index contributed by atoms with van der Waals surface area (Å²) in [6.45, 7) is 6.78. The van der Waals surface area contributed by atoms with Crippen LogP contribution in [0.4, 0.5) is 0 Å². The first-order chi connectivity index (χ1) is 5.70. The first kappa shape index (κ1) is 11.4. The smallest absolute Gasteiger partial charge is 0.223 e. The second-order valence-corrected chi connectivity index (χ2v) is 2.87. The largest absolute Gasteiger partial charge is 0.344 e. The second kappa shape index (κ2) is 6.00. The zero-order valence-corrected chi connectivity index (χ0v) is 8.63. The van der Waals surface area contributed by atoms with Gasteiger partial charge in [-0.3, -0.25) is 4.79 Å². The van der Waals surface area contributed by atoms with E-state index in [1.807, 2.05) is 27.9 Å². The molecule has 1 fully saturated rings. The lowest BCUT2D eigenvalue weighted by Crippen LogP contribution is -2.28. The van der Waals surface area contributed by atoms with E-state index in [2.05, 4.69) is 4.90 Å². The number of amides is 1. The van der Waals surface area contributed by atoms with Crippen molar-refractivity contribution >= 4 is 5.91 Å². The van der Waals surface area contributed by atoms with Gasteiger partial charge in [-0.2, -0.15) is 0 Å². The van der Waals surface area contributed by atoms with Crippen LogP contribution in [0.25, 0.3) is 0 Å². The molecule has 0 atom stereocenters. The third kappa shape index (κ3) is 3.72. The number of nitrogens with zero attached hydrogens (tertiary/aromatic N) is 2. The quantitative estimate of drug-likeness (QED) is 0.540. The molecule has 3 nitrogen and oxygen atoms in total. The molecule has 0 spiro atoms. The van der Waals surface area contributed by atoms with Crippen molar-refractivity contribution in [2.24, 2.45) is 0 Å². The summed E-state index contributed by atoms with van der Waals surface area (Å²) in [7, 11) is 3.91. The van der Waals surface area contributed by atoms with Crippen LogP contribution in [0.5, 0.6) is 0 Å². The maximum Gasteiger partial charge on any atom is 0.223 e. The van der Waals surface area contributed by atoms with Crippen LogP contribution in [0.2, 0.25) is 0 Å². The Bertz CT molecular complexity index is 136. The maximum absolute atomic E-state index is 11.1. The van der Waals surface area contributed by atoms with Crippen molar-refractivity contribution in [3.8, 4) is 0 Å². The summed E-state index contributed by atoms with van der Waals surface area (Å²) in [5.74, 6) is 0.268. The molecule has 1 saturated heterocycles. The SMILES string of the molecule is CC.CN1CCC(=O)N(C)CC1. The van der Waals surface area contributed by atoms with Crippen molar-refractivity contribution in [2.75, 3.05) is 33.7 Å². The zero-order valence-electron chi connectivity index (χ0n) is 8.63. The van der Waals surface area contributed by atoms with E-state index in [0.29, 0.717) is 6.42 Å². The van der Waals surface area contributed by atoms with Crippen LogP contribution < -0.4 is 0 Å². The summed E-state index contributed by atoms with van der Waals surface area (Å²) in [5.41, 5.74) is 0. The van der Waals surface area contributed by atoms with Gasteiger partial charge in [0.25, 0.3) is 0 Å². The topological polar surface area (TPSA) is 23.6 Å². The highest BCUT2D eigenvalue weighted by atomic mass is 16.2. The van der Waals surface area contributed by atoms with E-state index in [9.17, 15) is 4.79 Å². The summed E-state index contributed by atoms with van der Waals surface area (Å²) < 4.78 is 0. The Morgan fingerprint density at radius 2 is 1.67 bits per heavy atom. The molecule has 1 heterocycles. The number of rotatable bonds is 0. The molecule has 1 aliphatic heterocycles. The van der Waals surface area contributed by atoms with E-state index in [4.69, 9.17) is 0 Å². The van der Waals surface area contributed by atoms with Gasteiger partial charge in [0, 0.05) is 33.1 Å². The minimum absolute atomic E-state index is 0.268. The number of hydrogen-bond acceptors (Lipinski definition) is 2. The molecule has 0 aliphatic carbocycles. The Morgan fingerprint density at radius 3 is 2.25 bits per heavy atom. The molecule has 0 radical (unpaired) electrons. The summed E-state index contributed by atoms with van der Waals surface area (Å²) in [6.07, 6.45) is 0.674. The lowest BCUT2D eigenvalue weighted by atomic mass is 10.4. The first-order valence-corrected chi connectivity index (χ1v) is 4.62. The third-order valence-corrected chi connectivity index (χ3v) is 1.95. The van der Waals surface area contributed by atoms with E-state index >= 15 is 0 Å². The van der Waals surface area contributed by atoms with Gasteiger partial charge in [-0.25, -0.2) is 0 Å². The van der Waals surface area contributed by atoms with Crippen LogP contribution >= 0.6 is 0 Å². The lowest BCUT2D eigenvalue weighted by molar-refractivity contribution is -0.129. The molecule has 1 amide bonds. The van der Waals surface area contributed by atoms with Gasteiger partial charge in [0.15, 0.2) is 0 Å².